The number of aryl methyl sites for hydroxylation is 1. The van der Waals surface area contributed by atoms with E-state index in [2.05, 4.69) is 29.0 Å². The number of allylic oxidation sites excluding steroid dienone is 1. The highest BCUT2D eigenvalue weighted by atomic mass is 32.1. The third-order valence-corrected chi connectivity index (χ3v) is 4.22. The van der Waals surface area contributed by atoms with E-state index in [1.165, 1.54) is 16.9 Å². The summed E-state index contributed by atoms with van der Waals surface area (Å²) in [4.78, 5) is 8.02. The number of hydrogen-bond donors (Lipinski definition) is 2. The number of thiazole rings is 1. The molecule has 1 aliphatic rings. The van der Waals surface area contributed by atoms with Crippen molar-refractivity contribution < 1.29 is 5.11 Å². The van der Waals surface area contributed by atoms with Crippen molar-refractivity contribution in [2.75, 3.05) is 0 Å². The number of aromatic hydroxyl groups is 1. The van der Waals surface area contributed by atoms with Crippen LogP contribution in [-0.4, -0.2) is 15.8 Å². The summed E-state index contributed by atoms with van der Waals surface area (Å²) >= 11 is 6.39. The highest BCUT2D eigenvalue weighted by molar-refractivity contribution is 7.73. The number of hydrogen-bond acceptors (Lipinski definition) is 4. The summed E-state index contributed by atoms with van der Waals surface area (Å²) in [6, 6.07) is 6.19. The average Bonchev–Trinajstić information content (AvgIpc) is 2.81. The Bertz CT molecular complexity index is 781. The normalized spacial score (nSPS) is 15.7. The van der Waals surface area contributed by atoms with Crippen LogP contribution in [0, 0.1) is 10.9 Å². The highest BCUT2D eigenvalue weighted by Crippen LogP contribution is 2.38. The average molecular weight is 288 g/mol. The van der Waals surface area contributed by atoms with Crippen LogP contribution < -0.4 is 0 Å². The minimum atomic E-state index is 0.122. The molecular weight excluding hydrogens is 276 g/mol. The molecule has 0 radical (unpaired) electrons. The molecule has 0 amide bonds. The minimum Gasteiger partial charge on any atom is -0.494 e. The van der Waals surface area contributed by atoms with Crippen LogP contribution in [0.5, 0.6) is 5.88 Å². The Kier molecular flexibility index (Phi) is 2.88. The Morgan fingerprint density at radius 2 is 2.16 bits per heavy atom. The monoisotopic (exact) mass is 288 g/mol. The van der Waals surface area contributed by atoms with Crippen LogP contribution in [0.4, 0.5) is 5.69 Å². The molecule has 0 spiro atoms. The van der Waals surface area contributed by atoms with Crippen LogP contribution in [0.15, 0.2) is 23.2 Å². The van der Waals surface area contributed by atoms with Gasteiger partial charge >= 0.3 is 0 Å². The summed E-state index contributed by atoms with van der Waals surface area (Å²) in [5, 5.41) is 9.78. The van der Waals surface area contributed by atoms with Gasteiger partial charge in [-0.15, -0.1) is 11.3 Å². The van der Waals surface area contributed by atoms with E-state index in [4.69, 9.17) is 12.2 Å². The summed E-state index contributed by atoms with van der Waals surface area (Å²) in [6.45, 7) is 4.04. The van der Waals surface area contributed by atoms with E-state index in [1.54, 1.807) is 0 Å². The molecule has 2 aromatic rings. The van der Waals surface area contributed by atoms with Gasteiger partial charge < -0.3 is 10.1 Å². The number of aliphatic imine (C=N–C) groups is 1. The second-order valence-corrected chi connectivity index (χ2v) is 6.22. The SMILES string of the molecule is CC1=Nc2ccc(C)cc2/C1=C/c1sc(=S)[nH]c1O. The second-order valence-electron chi connectivity index (χ2n) is 4.50. The summed E-state index contributed by atoms with van der Waals surface area (Å²) in [7, 11) is 0. The summed E-state index contributed by atoms with van der Waals surface area (Å²) in [5.41, 5.74) is 5.28. The molecule has 3 nitrogen and oxygen atoms in total. The highest BCUT2D eigenvalue weighted by Gasteiger charge is 2.18. The van der Waals surface area contributed by atoms with Crippen molar-refractivity contribution in [2.24, 2.45) is 4.99 Å². The zero-order valence-electron chi connectivity index (χ0n) is 10.5. The van der Waals surface area contributed by atoms with Crippen LogP contribution in [0.2, 0.25) is 0 Å². The van der Waals surface area contributed by atoms with Gasteiger partial charge in [0.15, 0.2) is 3.95 Å². The number of H-pyrrole nitrogens is 1. The van der Waals surface area contributed by atoms with Gasteiger partial charge in [0.05, 0.1) is 10.6 Å². The number of nitrogens with one attached hydrogen (secondary N) is 1. The van der Waals surface area contributed by atoms with Gasteiger partial charge in [0, 0.05) is 16.8 Å². The quantitative estimate of drug-likeness (QED) is 0.761. The van der Waals surface area contributed by atoms with Crippen LogP contribution in [-0.2, 0) is 0 Å². The predicted octanol–water partition coefficient (Wildman–Crippen LogP) is 4.47. The van der Waals surface area contributed by atoms with Gasteiger partial charge in [-0.3, -0.25) is 4.99 Å². The van der Waals surface area contributed by atoms with Crippen molar-refractivity contribution in [2.45, 2.75) is 13.8 Å². The Balaban J connectivity index is 2.17. The van der Waals surface area contributed by atoms with E-state index in [-0.39, 0.29) is 5.88 Å². The van der Waals surface area contributed by atoms with E-state index in [0.29, 0.717) is 3.95 Å². The lowest BCUT2D eigenvalue weighted by Crippen LogP contribution is -1.89. The van der Waals surface area contributed by atoms with E-state index < -0.39 is 0 Å². The third kappa shape index (κ3) is 2.15. The van der Waals surface area contributed by atoms with Crippen LogP contribution in [0.3, 0.4) is 0 Å². The molecular formula is C14H12N2OS2. The fourth-order valence-corrected chi connectivity index (χ4v) is 3.18. The van der Waals surface area contributed by atoms with Gasteiger partial charge in [-0.05, 0) is 44.3 Å². The molecule has 19 heavy (non-hydrogen) atoms. The van der Waals surface area contributed by atoms with Crippen molar-refractivity contribution in [3.05, 3.63) is 38.2 Å². The number of benzene rings is 1. The lowest BCUT2D eigenvalue weighted by atomic mass is 10.0. The Morgan fingerprint density at radius 3 is 2.84 bits per heavy atom. The van der Waals surface area contributed by atoms with Crippen LogP contribution in [0.1, 0.15) is 22.9 Å². The van der Waals surface area contributed by atoms with Gasteiger partial charge in [-0.25, -0.2) is 0 Å². The molecule has 0 saturated carbocycles. The second kappa shape index (κ2) is 4.43. The number of rotatable bonds is 1. The maximum atomic E-state index is 9.78. The first-order chi connectivity index (χ1) is 9.04. The Labute approximate surface area is 120 Å². The van der Waals surface area contributed by atoms with E-state index in [1.807, 2.05) is 19.1 Å². The van der Waals surface area contributed by atoms with Gasteiger partial charge in [0.1, 0.15) is 0 Å². The van der Waals surface area contributed by atoms with E-state index in [9.17, 15) is 5.11 Å². The molecule has 2 heterocycles. The topological polar surface area (TPSA) is 48.4 Å². The van der Waals surface area contributed by atoms with Crippen molar-refractivity contribution in [1.82, 2.24) is 4.98 Å². The van der Waals surface area contributed by atoms with E-state index >= 15 is 0 Å². The maximum Gasteiger partial charge on any atom is 0.207 e. The Hall–Kier alpha value is -1.72. The maximum absolute atomic E-state index is 9.78. The molecule has 0 fully saturated rings. The lowest BCUT2D eigenvalue weighted by Gasteiger charge is -2.02. The molecule has 0 aliphatic carbocycles. The number of aromatic amines is 1. The fourth-order valence-electron chi connectivity index (χ4n) is 2.14. The zero-order chi connectivity index (χ0) is 13.6. The standard InChI is InChI=1S/C14H12N2OS2/c1-7-3-4-11-10(5-7)9(8(2)15-11)6-12-13(17)16-14(18)19-12/h3-6,17H,1-2H3,(H,16,18)/b9-6+. The van der Waals surface area contributed by atoms with Crippen LogP contribution in [0.25, 0.3) is 11.6 Å². The first-order valence-electron chi connectivity index (χ1n) is 5.85. The van der Waals surface area contributed by atoms with Gasteiger partial charge in [-0.2, -0.15) is 0 Å². The smallest absolute Gasteiger partial charge is 0.207 e. The van der Waals surface area contributed by atoms with Crippen molar-refractivity contribution >= 4 is 46.6 Å². The van der Waals surface area contributed by atoms with Crippen molar-refractivity contribution in [3.63, 3.8) is 0 Å². The molecule has 2 N–H and O–H groups in total. The molecule has 0 bridgehead atoms. The minimum absolute atomic E-state index is 0.122. The molecule has 1 aromatic carbocycles. The molecule has 0 saturated heterocycles. The Morgan fingerprint density at radius 1 is 1.37 bits per heavy atom. The van der Waals surface area contributed by atoms with Gasteiger partial charge in [-0.1, -0.05) is 11.6 Å². The number of nitrogens with zero attached hydrogens (tertiary/aromatic N) is 1. The fraction of sp³-hybridized carbons (Fsp3) is 0.143. The van der Waals surface area contributed by atoms with Gasteiger partial charge in [0.2, 0.25) is 5.88 Å². The molecule has 1 aromatic heterocycles. The van der Waals surface area contributed by atoms with Crippen molar-refractivity contribution in [1.29, 1.82) is 0 Å². The van der Waals surface area contributed by atoms with E-state index in [0.717, 1.165) is 27.4 Å². The summed E-state index contributed by atoms with van der Waals surface area (Å²) in [6.07, 6.45) is 1.94. The summed E-state index contributed by atoms with van der Waals surface area (Å²) in [5.74, 6) is 0.122. The zero-order valence-corrected chi connectivity index (χ0v) is 12.2. The predicted molar refractivity (Wildman–Crippen MR) is 83.0 cm³/mol. The number of fused-ring (bicyclic) bond motifs is 1. The first kappa shape index (κ1) is 12.3. The number of aromatic nitrogens is 1. The molecule has 0 unspecified atom stereocenters. The van der Waals surface area contributed by atoms with Gasteiger partial charge in [0.25, 0.3) is 0 Å². The molecule has 3 rings (SSSR count). The third-order valence-electron chi connectivity index (χ3n) is 3.05. The van der Waals surface area contributed by atoms with Crippen molar-refractivity contribution in [3.8, 4) is 5.88 Å². The lowest BCUT2D eigenvalue weighted by molar-refractivity contribution is 0.456. The molecule has 1 aliphatic heterocycles. The first-order valence-corrected chi connectivity index (χ1v) is 7.07. The summed E-state index contributed by atoms with van der Waals surface area (Å²) < 4.78 is 0.571. The molecule has 0 atom stereocenters. The van der Waals surface area contributed by atoms with Crippen LogP contribution >= 0.6 is 23.6 Å². The molecule has 96 valence electrons. The molecule has 5 heteroatoms. The largest absolute Gasteiger partial charge is 0.494 e.